The summed E-state index contributed by atoms with van der Waals surface area (Å²) in [6.07, 6.45) is 4.17. The van der Waals surface area contributed by atoms with Crippen LogP contribution in [-0.4, -0.2) is 26.0 Å². The summed E-state index contributed by atoms with van der Waals surface area (Å²) in [5.41, 5.74) is 0.604. The predicted molar refractivity (Wildman–Crippen MR) is 79.9 cm³/mol. The maximum Gasteiger partial charge on any atom is 0.335 e. The average Bonchev–Trinajstić information content (AvgIpc) is 2.38. The summed E-state index contributed by atoms with van der Waals surface area (Å²) in [6.45, 7) is 4.16. The van der Waals surface area contributed by atoms with Gasteiger partial charge in [-0.15, -0.1) is 0 Å². The Labute approximate surface area is 125 Å². The van der Waals surface area contributed by atoms with Crippen molar-refractivity contribution in [3.63, 3.8) is 0 Å². The highest BCUT2D eigenvalue weighted by Gasteiger charge is 2.36. The van der Waals surface area contributed by atoms with Crippen LogP contribution in [0.3, 0.4) is 0 Å². The molecule has 0 saturated heterocycles. The van der Waals surface area contributed by atoms with Gasteiger partial charge in [-0.2, -0.15) is 0 Å². The topological polar surface area (TPSA) is 83.5 Å². The van der Waals surface area contributed by atoms with Crippen LogP contribution in [0, 0.1) is 12.3 Å². The smallest absolute Gasteiger partial charge is 0.335 e. The minimum atomic E-state index is -3.68. The minimum Gasteiger partial charge on any atom is -0.478 e. The van der Waals surface area contributed by atoms with Gasteiger partial charge in [0.1, 0.15) is 0 Å². The van der Waals surface area contributed by atoms with E-state index < -0.39 is 16.0 Å². The van der Waals surface area contributed by atoms with Gasteiger partial charge < -0.3 is 5.11 Å². The van der Waals surface area contributed by atoms with E-state index in [0.29, 0.717) is 12.1 Å². The molecule has 1 aromatic carbocycles. The molecule has 0 heterocycles. The molecular weight excluding hydrogens is 290 g/mol. The van der Waals surface area contributed by atoms with E-state index in [1.54, 1.807) is 6.92 Å². The van der Waals surface area contributed by atoms with Crippen molar-refractivity contribution in [1.29, 1.82) is 0 Å². The van der Waals surface area contributed by atoms with E-state index in [9.17, 15) is 13.2 Å². The van der Waals surface area contributed by atoms with Gasteiger partial charge in [-0.05, 0) is 49.3 Å². The zero-order chi connectivity index (χ0) is 15.7. The van der Waals surface area contributed by atoms with Gasteiger partial charge >= 0.3 is 5.97 Å². The number of carbonyl (C=O) groups is 1. The van der Waals surface area contributed by atoms with Crippen LogP contribution >= 0.6 is 0 Å². The van der Waals surface area contributed by atoms with Gasteiger partial charge in [-0.25, -0.2) is 17.9 Å². The number of aromatic carboxylic acids is 1. The first kappa shape index (κ1) is 16.0. The highest BCUT2D eigenvalue weighted by molar-refractivity contribution is 7.89. The molecule has 0 atom stereocenters. The summed E-state index contributed by atoms with van der Waals surface area (Å²) in [4.78, 5) is 11.0. The number of hydrogen-bond donors (Lipinski definition) is 2. The number of sulfonamides is 1. The van der Waals surface area contributed by atoms with Crippen molar-refractivity contribution in [2.45, 2.75) is 44.4 Å². The Kier molecular flexibility index (Phi) is 4.39. The van der Waals surface area contributed by atoms with Gasteiger partial charge in [-0.1, -0.05) is 19.4 Å². The molecule has 0 unspecified atom stereocenters. The van der Waals surface area contributed by atoms with E-state index >= 15 is 0 Å². The molecule has 1 aliphatic carbocycles. The molecule has 0 radical (unpaired) electrons. The standard InChI is InChI=1S/C15H21NO4S/c1-3-15(7-4-8-15)10-16-21(19,20)13-9-12(14(17)18)6-5-11(13)2/h5-6,9,16H,3-4,7-8,10H2,1-2H3,(H,17,18). The van der Waals surface area contributed by atoms with Gasteiger partial charge in [0.2, 0.25) is 10.0 Å². The molecule has 2 N–H and O–H groups in total. The maximum absolute atomic E-state index is 12.4. The van der Waals surface area contributed by atoms with Gasteiger partial charge in [-0.3, -0.25) is 0 Å². The maximum atomic E-state index is 12.4. The molecule has 21 heavy (non-hydrogen) atoms. The summed E-state index contributed by atoms with van der Waals surface area (Å²) in [5, 5.41) is 9.00. The third kappa shape index (κ3) is 3.27. The van der Waals surface area contributed by atoms with Crippen molar-refractivity contribution >= 4 is 16.0 Å². The molecule has 0 aliphatic heterocycles. The van der Waals surface area contributed by atoms with E-state index in [-0.39, 0.29) is 15.9 Å². The summed E-state index contributed by atoms with van der Waals surface area (Å²) in [6, 6.07) is 4.16. The lowest BCUT2D eigenvalue weighted by Crippen LogP contribution is -2.41. The highest BCUT2D eigenvalue weighted by Crippen LogP contribution is 2.43. The van der Waals surface area contributed by atoms with E-state index in [4.69, 9.17) is 5.11 Å². The first-order valence-corrected chi connectivity index (χ1v) is 8.62. The zero-order valence-corrected chi connectivity index (χ0v) is 13.2. The third-order valence-electron chi connectivity index (χ3n) is 4.53. The number of carboxylic acid groups (broad SMARTS) is 1. The molecule has 5 nitrogen and oxygen atoms in total. The van der Waals surface area contributed by atoms with E-state index in [0.717, 1.165) is 25.7 Å². The quantitative estimate of drug-likeness (QED) is 0.845. The molecule has 1 fully saturated rings. The fourth-order valence-corrected chi connectivity index (χ4v) is 4.11. The Bertz CT molecular complexity index is 642. The number of benzene rings is 1. The van der Waals surface area contributed by atoms with E-state index in [1.807, 2.05) is 0 Å². The predicted octanol–water partition coefficient (Wildman–Crippen LogP) is 2.55. The average molecular weight is 311 g/mol. The monoisotopic (exact) mass is 311 g/mol. The zero-order valence-electron chi connectivity index (χ0n) is 12.3. The molecule has 1 aliphatic rings. The third-order valence-corrected chi connectivity index (χ3v) is 6.07. The molecule has 0 spiro atoms. The summed E-state index contributed by atoms with van der Waals surface area (Å²) >= 11 is 0. The van der Waals surface area contributed by atoms with Crippen molar-refractivity contribution < 1.29 is 18.3 Å². The van der Waals surface area contributed by atoms with Crippen molar-refractivity contribution in [2.75, 3.05) is 6.54 Å². The lowest BCUT2D eigenvalue weighted by atomic mass is 9.67. The van der Waals surface area contributed by atoms with Crippen molar-refractivity contribution in [2.24, 2.45) is 5.41 Å². The second-order valence-electron chi connectivity index (χ2n) is 5.82. The van der Waals surface area contributed by atoms with Gasteiger partial charge in [0.05, 0.1) is 10.5 Å². The Balaban J connectivity index is 2.23. The van der Waals surface area contributed by atoms with Crippen LogP contribution in [0.1, 0.15) is 48.5 Å². The Morgan fingerprint density at radius 3 is 2.52 bits per heavy atom. The van der Waals surface area contributed by atoms with Crippen molar-refractivity contribution in [1.82, 2.24) is 4.72 Å². The van der Waals surface area contributed by atoms with Crippen LogP contribution in [-0.2, 0) is 10.0 Å². The van der Waals surface area contributed by atoms with Crippen LogP contribution in [0.5, 0.6) is 0 Å². The molecule has 6 heteroatoms. The minimum absolute atomic E-state index is 0.0187. The first-order chi connectivity index (χ1) is 9.80. The normalized spacial score (nSPS) is 17.2. The van der Waals surface area contributed by atoms with Crippen LogP contribution in [0.15, 0.2) is 23.1 Å². The Morgan fingerprint density at radius 1 is 1.38 bits per heavy atom. The molecule has 2 rings (SSSR count). The summed E-state index contributed by atoms with van der Waals surface area (Å²) < 4.78 is 27.5. The molecule has 1 aromatic rings. The van der Waals surface area contributed by atoms with Crippen LogP contribution in [0.4, 0.5) is 0 Å². The lowest BCUT2D eigenvalue weighted by Gasteiger charge is -2.41. The van der Waals surface area contributed by atoms with Crippen molar-refractivity contribution in [3.05, 3.63) is 29.3 Å². The number of rotatable bonds is 6. The van der Waals surface area contributed by atoms with Crippen LogP contribution < -0.4 is 4.72 Å². The molecule has 116 valence electrons. The van der Waals surface area contributed by atoms with E-state index in [1.165, 1.54) is 18.2 Å². The van der Waals surface area contributed by atoms with Gasteiger partial charge in [0.15, 0.2) is 0 Å². The fraction of sp³-hybridized carbons (Fsp3) is 0.533. The number of hydrogen-bond acceptors (Lipinski definition) is 3. The van der Waals surface area contributed by atoms with Gasteiger partial charge in [0.25, 0.3) is 0 Å². The fourth-order valence-electron chi connectivity index (χ4n) is 2.68. The molecular formula is C15H21NO4S. The first-order valence-electron chi connectivity index (χ1n) is 7.13. The van der Waals surface area contributed by atoms with E-state index in [2.05, 4.69) is 11.6 Å². The molecule has 1 saturated carbocycles. The van der Waals surface area contributed by atoms with Gasteiger partial charge in [0, 0.05) is 6.54 Å². The molecule has 0 aromatic heterocycles. The number of nitrogens with one attached hydrogen (secondary N) is 1. The number of aryl methyl sites for hydroxylation is 1. The number of carboxylic acids is 1. The van der Waals surface area contributed by atoms with Crippen molar-refractivity contribution in [3.8, 4) is 0 Å². The summed E-state index contributed by atoms with van der Waals surface area (Å²) in [7, 11) is -3.68. The summed E-state index contributed by atoms with van der Waals surface area (Å²) in [5.74, 6) is -1.13. The second kappa shape index (κ2) is 5.77. The molecule has 0 bridgehead atoms. The van der Waals surface area contributed by atoms with Crippen LogP contribution in [0.25, 0.3) is 0 Å². The Hall–Kier alpha value is -1.40. The second-order valence-corrected chi connectivity index (χ2v) is 7.55. The Morgan fingerprint density at radius 2 is 2.05 bits per heavy atom. The SMILES string of the molecule is CCC1(CNS(=O)(=O)c2cc(C(=O)O)ccc2C)CCC1. The van der Waals surface area contributed by atoms with Crippen LogP contribution in [0.2, 0.25) is 0 Å². The lowest BCUT2D eigenvalue weighted by molar-refractivity contribution is 0.0696. The molecule has 0 amide bonds. The largest absolute Gasteiger partial charge is 0.478 e. The highest BCUT2D eigenvalue weighted by atomic mass is 32.2.